The van der Waals surface area contributed by atoms with E-state index in [0.717, 1.165) is 5.56 Å². The van der Waals surface area contributed by atoms with E-state index in [9.17, 15) is 13.2 Å². The number of carbonyl (C=O) groups is 1. The Balaban J connectivity index is 3.47. The van der Waals surface area contributed by atoms with E-state index >= 15 is 0 Å². The SMILES string of the molecule is CNS(=O)(=O)c1cc(C(N)=O)cc(C(C)C)c1. The monoisotopic (exact) mass is 256 g/mol. The highest BCUT2D eigenvalue weighted by Crippen LogP contribution is 2.21. The van der Waals surface area contributed by atoms with Crippen LogP contribution in [0.5, 0.6) is 0 Å². The highest BCUT2D eigenvalue weighted by atomic mass is 32.2. The summed E-state index contributed by atoms with van der Waals surface area (Å²) >= 11 is 0. The van der Waals surface area contributed by atoms with Crippen molar-refractivity contribution in [2.45, 2.75) is 24.7 Å². The molecule has 1 aromatic rings. The van der Waals surface area contributed by atoms with Crippen LogP contribution in [0.4, 0.5) is 0 Å². The van der Waals surface area contributed by atoms with E-state index in [-0.39, 0.29) is 16.4 Å². The van der Waals surface area contributed by atoms with Crippen LogP contribution >= 0.6 is 0 Å². The van der Waals surface area contributed by atoms with Crippen molar-refractivity contribution in [1.82, 2.24) is 4.72 Å². The van der Waals surface area contributed by atoms with Gasteiger partial charge in [0.25, 0.3) is 0 Å². The molecule has 17 heavy (non-hydrogen) atoms. The Bertz CT molecular complexity index is 536. The van der Waals surface area contributed by atoms with Crippen LogP contribution in [0.2, 0.25) is 0 Å². The fourth-order valence-corrected chi connectivity index (χ4v) is 2.18. The average Bonchev–Trinajstić information content (AvgIpc) is 2.28. The highest BCUT2D eigenvalue weighted by Gasteiger charge is 2.16. The molecule has 0 saturated heterocycles. The second-order valence-corrected chi connectivity index (χ2v) is 5.90. The highest BCUT2D eigenvalue weighted by molar-refractivity contribution is 7.89. The lowest BCUT2D eigenvalue weighted by molar-refractivity contribution is 0.1000. The van der Waals surface area contributed by atoms with Crippen LogP contribution in [0.3, 0.4) is 0 Å². The molecule has 0 aromatic heterocycles. The number of primary amides is 1. The van der Waals surface area contributed by atoms with Crippen molar-refractivity contribution in [2.24, 2.45) is 5.73 Å². The summed E-state index contributed by atoms with van der Waals surface area (Å²) in [5.74, 6) is -0.528. The van der Waals surface area contributed by atoms with Crippen LogP contribution in [0.1, 0.15) is 35.7 Å². The first kappa shape index (κ1) is 13.7. The Morgan fingerprint density at radius 3 is 2.29 bits per heavy atom. The van der Waals surface area contributed by atoms with Crippen LogP contribution in [0, 0.1) is 0 Å². The number of sulfonamides is 1. The molecule has 94 valence electrons. The van der Waals surface area contributed by atoms with Crippen LogP contribution < -0.4 is 10.5 Å². The number of hydrogen-bond acceptors (Lipinski definition) is 3. The summed E-state index contributed by atoms with van der Waals surface area (Å²) in [6.45, 7) is 3.83. The van der Waals surface area contributed by atoms with Crippen molar-refractivity contribution >= 4 is 15.9 Å². The summed E-state index contributed by atoms with van der Waals surface area (Å²) < 4.78 is 25.6. The number of carbonyl (C=O) groups excluding carboxylic acids is 1. The topological polar surface area (TPSA) is 89.3 Å². The van der Waals surface area contributed by atoms with Gasteiger partial charge in [-0.1, -0.05) is 13.8 Å². The summed E-state index contributed by atoms with van der Waals surface area (Å²) in [4.78, 5) is 11.2. The molecular weight excluding hydrogens is 240 g/mol. The van der Waals surface area contributed by atoms with E-state index in [0.29, 0.717) is 0 Å². The Labute approximate surface area is 101 Å². The Hall–Kier alpha value is -1.40. The first-order valence-corrected chi connectivity index (χ1v) is 6.64. The van der Waals surface area contributed by atoms with Gasteiger partial charge in [0.1, 0.15) is 0 Å². The normalized spacial score (nSPS) is 11.8. The Morgan fingerprint density at radius 1 is 1.29 bits per heavy atom. The van der Waals surface area contributed by atoms with Crippen LogP contribution in [0.15, 0.2) is 23.1 Å². The van der Waals surface area contributed by atoms with E-state index < -0.39 is 15.9 Å². The maximum atomic E-state index is 11.7. The van der Waals surface area contributed by atoms with Gasteiger partial charge >= 0.3 is 0 Å². The molecule has 0 atom stereocenters. The van der Waals surface area contributed by atoms with Gasteiger partial charge in [0.05, 0.1) is 4.90 Å². The smallest absolute Gasteiger partial charge is 0.248 e. The molecule has 0 spiro atoms. The molecule has 0 aliphatic heterocycles. The zero-order chi connectivity index (χ0) is 13.2. The van der Waals surface area contributed by atoms with Gasteiger partial charge in [-0.05, 0) is 36.7 Å². The van der Waals surface area contributed by atoms with E-state index in [1.807, 2.05) is 13.8 Å². The quantitative estimate of drug-likeness (QED) is 0.835. The van der Waals surface area contributed by atoms with Gasteiger partial charge < -0.3 is 5.73 Å². The van der Waals surface area contributed by atoms with Gasteiger partial charge in [-0.3, -0.25) is 4.79 Å². The average molecular weight is 256 g/mol. The van der Waals surface area contributed by atoms with Gasteiger partial charge in [0.15, 0.2) is 0 Å². The summed E-state index contributed by atoms with van der Waals surface area (Å²) in [5, 5.41) is 0. The van der Waals surface area contributed by atoms with Crippen molar-refractivity contribution < 1.29 is 13.2 Å². The molecular formula is C11H16N2O3S. The Kier molecular flexibility index (Phi) is 3.90. The third kappa shape index (κ3) is 3.04. The maximum Gasteiger partial charge on any atom is 0.248 e. The first-order valence-electron chi connectivity index (χ1n) is 5.16. The summed E-state index contributed by atoms with van der Waals surface area (Å²) in [6.07, 6.45) is 0. The molecule has 0 heterocycles. The number of benzene rings is 1. The lowest BCUT2D eigenvalue weighted by Gasteiger charge is -2.10. The molecule has 0 aliphatic carbocycles. The fourth-order valence-electron chi connectivity index (χ4n) is 1.37. The second-order valence-electron chi connectivity index (χ2n) is 4.02. The molecule has 3 N–H and O–H groups in total. The zero-order valence-corrected chi connectivity index (χ0v) is 10.8. The minimum absolute atomic E-state index is 0.0556. The summed E-state index contributed by atoms with van der Waals surface area (Å²) in [5.41, 5.74) is 6.14. The number of nitrogens with two attached hydrogens (primary N) is 1. The molecule has 0 bridgehead atoms. The van der Waals surface area contributed by atoms with Crippen LogP contribution in [-0.4, -0.2) is 21.4 Å². The van der Waals surface area contributed by atoms with Gasteiger partial charge in [-0.2, -0.15) is 0 Å². The standard InChI is InChI=1S/C11H16N2O3S/c1-7(2)8-4-9(11(12)14)6-10(5-8)17(15,16)13-3/h4-7,13H,1-3H3,(H2,12,14). The van der Waals surface area contributed by atoms with Crippen molar-refractivity contribution in [2.75, 3.05) is 7.05 Å². The molecule has 6 heteroatoms. The molecule has 1 aromatic carbocycles. The molecule has 0 fully saturated rings. The molecule has 0 radical (unpaired) electrons. The Morgan fingerprint density at radius 2 is 1.88 bits per heavy atom. The van der Waals surface area contributed by atoms with Gasteiger partial charge in [-0.15, -0.1) is 0 Å². The van der Waals surface area contributed by atoms with E-state index in [4.69, 9.17) is 5.73 Å². The van der Waals surface area contributed by atoms with Crippen molar-refractivity contribution in [3.05, 3.63) is 29.3 Å². The van der Waals surface area contributed by atoms with Gasteiger partial charge in [0.2, 0.25) is 15.9 Å². The molecule has 0 unspecified atom stereocenters. The molecule has 5 nitrogen and oxygen atoms in total. The third-order valence-electron chi connectivity index (χ3n) is 2.46. The van der Waals surface area contributed by atoms with Gasteiger partial charge in [0, 0.05) is 5.56 Å². The minimum atomic E-state index is -3.57. The maximum absolute atomic E-state index is 11.7. The predicted octanol–water partition coefficient (Wildman–Crippen LogP) is 0.817. The number of amides is 1. The largest absolute Gasteiger partial charge is 0.366 e. The first-order chi connectivity index (χ1) is 7.77. The van der Waals surface area contributed by atoms with E-state index in [2.05, 4.69) is 4.72 Å². The molecule has 1 rings (SSSR count). The summed E-state index contributed by atoms with van der Waals surface area (Å²) in [6, 6.07) is 4.44. The lowest BCUT2D eigenvalue weighted by Crippen LogP contribution is -2.20. The van der Waals surface area contributed by atoms with Crippen molar-refractivity contribution in [3.63, 3.8) is 0 Å². The minimum Gasteiger partial charge on any atom is -0.366 e. The van der Waals surface area contributed by atoms with Crippen molar-refractivity contribution in [1.29, 1.82) is 0 Å². The van der Waals surface area contributed by atoms with Crippen LogP contribution in [-0.2, 0) is 10.0 Å². The third-order valence-corrected chi connectivity index (χ3v) is 3.85. The molecule has 0 aliphatic rings. The van der Waals surface area contributed by atoms with Crippen LogP contribution in [0.25, 0.3) is 0 Å². The summed E-state index contributed by atoms with van der Waals surface area (Å²) in [7, 11) is -2.25. The van der Waals surface area contributed by atoms with Gasteiger partial charge in [-0.25, -0.2) is 13.1 Å². The van der Waals surface area contributed by atoms with E-state index in [1.54, 1.807) is 12.1 Å². The zero-order valence-electron chi connectivity index (χ0n) is 10.0. The molecule has 1 amide bonds. The number of rotatable bonds is 4. The second kappa shape index (κ2) is 4.85. The lowest BCUT2D eigenvalue weighted by atomic mass is 10.0. The van der Waals surface area contributed by atoms with E-state index in [1.165, 1.54) is 13.1 Å². The number of hydrogen-bond donors (Lipinski definition) is 2. The fraction of sp³-hybridized carbons (Fsp3) is 0.364. The molecule has 0 saturated carbocycles. The predicted molar refractivity (Wildman–Crippen MR) is 65.3 cm³/mol. The van der Waals surface area contributed by atoms with Crippen molar-refractivity contribution in [3.8, 4) is 0 Å². The number of nitrogens with one attached hydrogen (secondary N) is 1.